The molecule has 1 atom stereocenters. The Labute approximate surface area is 238 Å². The minimum Gasteiger partial charge on any atom is -0.488 e. The van der Waals surface area contributed by atoms with Crippen molar-refractivity contribution in [2.75, 3.05) is 13.2 Å². The van der Waals surface area contributed by atoms with Crippen LogP contribution < -0.4 is 19.6 Å². The van der Waals surface area contributed by atoms with Crippen molar-refractivity contribution in [1.82, 2.24) is 4.57 Å². The SMILES string of the molecule is C=CCOc1ccc(/C=c2\sc3n(c2=O)[C@@H](c2ccccc2)C(C(=O)OCC)=C(c2ccccc2)N=3)cc1Br. The van der Waals surface area contributed by atoms with Crippen molar-refractivity contribution in [3.05, 3.63) is 138 Å². The highest BCUT2D eigenvalue weighted by atomic mass is 79.9. The highest BCUT2D eigenvalue weighted by molar-refractivity contribution is 9.10. The van der Waals surface area contributed by atoms with Crippen LogP contribution in [0.3, 0.4) is 0 Å². The van der Waals surface area contributed by atoms with Gasteiger partial charge in [-0.3, -0.25) is 9.36 Å². The van der Waals surface area contributed by atoms with Crippen molar-refractivity contribution >= 4 is 45.0 Å². The molecular weight excluding hydrogens is 576 g/mol. The lowest BCUT2D eigenvalue weighted by Crippen LogP contribution is -2.39. The van der Waals surface area contributed by atoms with Crippen LogP contribution in [-0.4, -0.2) is 23.8 Å². The molecule has 0 aliphatic carbocycles. The third-order valence-corrected chi connectivity index (χ3v) is 7.70. The molecule has 3 aromatic carbocycles. The van der Waals surface area contributed by atoms with Gasteiger partial charge in [0.25, 0.3) is 5.56 Å². The van der Waals surface area contributed by atoms with E-state index < -0.39 is 12.0 Å². The van der Waals surface area contributed by atoms with Gasteiger partial charge in [0.1, 0.15) is 12.4 Å². The number of benzene rings is 3. The zero-order valence-corrected chi connectivity index (χ0v) is 23.6. The number of carbonyl (C=O) groups excluding carboxylic acids is 1. The minimum atomic E-state index is -0.694. The lowest BCUT2D eigenvalue weighted by molar-refractivity contribution is -0.138. The second-order valence-corrected chi connectivity index (χ2v) is 10.5. The Morgan fingerprint density at radius 1 is 1.10 bits per heavy atom. The van der Waals surface area contributed by atoms with Crippen molar-refractivity contribution in [2.24, 2.45) is 4.99 Å². The Balaban J connectivity index is 1.74. The first-order valence-electron chi connectivity index (χ1n) is 12.4. The number of nitrogens with zero attached hydrogens (tertiary/aromatic N) is 2. The number of thiazole rings is 1. The molecule has 196 valence electrons. The molecule has 0 saturated carbocycles. The molecule has 8 heteroatoms. The van der Waals surface area contributed by atoms with Crippen LogP contribution in [0.4, 0.5) is 0 Å². The number of rotatable bonds is 8. The smallest absolute Gasteiger partial charge is 0.338 e. The summed E-state index contributed by atoms with van der Waals surface area (Å²) in [6.45, 7) is 6.04. The van der Waals surface area contributed by atoms with E-state index in [0.29, 0.717) is 33.0 Å². The number of carbonyl (C=O) groups is 1. The number of hydrogen-bond acceptors (Lipinski definition) is 6. The molecule has 2 heterocycles. The summed E-state index contributed by atoms with van der Waals surface area (Å²) in [5, 5.41) is 0. The molecule has 0 radical (unpaired) electrons. The molecule has 0 N–H and O–H groups in total. The molecule has 0 spiro atoms. The van der Waals surface area contributed by atoms with Gasteiger partial charge in [-0.2, -0.15) is 0 Å². The van der Waals surface area contributed by atoms with Crippen LogP contribution in [0.25, 0.3) is 11.8 Å². The van der Waals surface area contributed by atoms with E-state index in [1.54, 1.807) is 17.6 Å². The molecule has 1 aliphatic rings. The van der Waals surface area contributed by atoms with Crippen molar-refractivity contribution in [2.45, 2.75) is 13.0 Å². The second kappa shape index (κ2) is 11.8. The summed E-state index contributed by atoms with van der Waals surface area (Å²) in [5.41, 5.74) is 3.00. The zero-order valence-electron chi connectivity index (χ0n) is 21.2. The van der Waals surface area contributed by atoms with E-state index in [2.05, 4.69) is 22.5 Å². The maximum atomic E-state index is 13.9. The van der Waals surface area contributed by atoms with Crippen molar-refractivity contribution < 1.29 is 14.3 Å². The van der Waals surface area contributed by atoms with Crippen LogP contribution in [0.2, 0.25) is 0 Å². The highest BCUT2D eigenvalue weighted by Gasteiger charge is 2.35. The van der Waals surface area contributed by atoms with Crippen LogP contribution in [-0.2, 0) is 9.53 Å². The molecule has 1 aromatic heterocycles. The summed E-state index contributed by atoms with van der Waals surface area (Å²) >= 11 is 4.83. The van der Waals surface area contributed by atoms with E-state index in [9.17, 15) is 9.59 Å². The van der Waals surface area contributed by atoms with Crippen molar-refractivity contribution in [3.63, 3.8) is 0 Å². The summed E-state index contributed by atoms with van der Waals surface area (Å²) in [5.74, 6) is 0.187. The highest BCUT2D eigenvalue weighted by Crippen LogP contribution is 2.35. The molecule has 0 fully saturated rings. The molecule has 0 saturated heterocycles. The third kappa shape index (κ3) is 5.44. The fourth-order valence-corrected chi connectivity index (χ4v) is 5.93. The van der Waals surface area contributed by atoms with Gasteiger partial charge in [0, 0.05) is 5.56 Å². The lowest BCUT2D eigenvalue weighted by atomic mass is 9.93. The van der Waals surface area contributed by atoms with E-state index in [-0.39, 0.29) is 12.2 Å². The van der Waals surface area contributed by atoms with Gasteiger partial charge in [-0.1, -0.05) is 90.7 Å². The van der Waals surface area contributed by atoms with Gasteiger partial charge in [0.2, 0.25) is 0 Å². The maximum Gasteiger partial charge on any atom is 0.338 e. The van der Waals surface area contributed by atoms with Crippen molar-refractivity contribution in [3.8, 4) is 5.75 Å². The molecule has 0 unspecified atom stereocenters. The summed E-state index contributed by atoms with van der Waals surface area (Å²) in [6.07, 6.45) is 3.50. The summed E-state index contributed by atoms with van der Waals surface area (Å²) < 4.78 is 14.0. The Hall–Kier alpha value is -4.01. The van der Waals surface area contributed by atoms with E-state index in [1.807, 2.05) is 84.9 Å². The predicted octanol–water partition coefficient (Wildman–Crippen LogP) is 5.26. The van der Waals surface area contributed by atoms with Gasteiger partial charge in [0.05, 0.1) is 32.9 Å². The maximum absolute atomic E-state index is 13.9. The predicted molar refractivity (Wildman–Crippen MR) is 157 cm³/mol. The number of esters is 1. The van der Waals surface area contributed by atoms with E-state index in [0.717, 1.165) is 21.2 Å². The lowest BCUT2D eigenvalue weighted by Gasteiger charge is -2.25. The standard InChI is InChI=1S/C31H25BrN2O4S/c1-3-17-38-24-16-15-20(18-23(24)32)19-25-29(35)34-28(22-13-9-6-10-14-22)26(30(36)37-4-2)27(33-31(34)39-25)21-11-7-5-8-12-21/h3,5-16,18-19,28H,1,4,17H2,2H3/b25-19-/t28-/m0/s1. The van der Waals surface area contributed by atoms with E-state index >= 15 is 0 Å². The zero-order chi connectivity index (χ0) is 27.4. The fourth-order valence-electron chi connectivity index (χ4n) is 4.42. The number of halogens is 1. The minimum absolute atomic E-state index is 0.206. The molecule has 4 aromatic rings. The van der Waals surface area contributed by atoms with Crippen molar-refractivity contribution in [1.29, 1.82) is 0 Å². The topological polar surface area (TPSA) is 69.9 Å². The first-order valence-corrected chi connectivity index (χ1v) is 14.0. The van der Waals surface area contributed by atoms with Crippen LogP contribution in [0.5, 0.6) is 5.75 Å². The van der Waals surface area contributed by atoms with Crippen LogP contribution in [0, 0.1) is 0 Å². The van der Waals surface area contributed by atoms with Gasteiger partial charge >= 0.3 is 5.97 Å². The monoisotopic (exact) mass is 600 g/mol. The Bertz CT molecular complexity index is 1740. The van der Waals surface area contributed by atoms with Gasteiger partial charge in [-0.25, -0.2) is 9.79 Å². The van der Waals surface area contributed by atoms with Crippen LogP contribution >= 0.6 is 27.3 Å². The van der Waals surface area contributed by atoms with E-state index in [4.69, 9.17) is 14.5 Å². The second-order valence-electron chi connectivity index (χ2n) is 8.63. The summed E-state index contributed by atoms with van der Waals surface area (Å²) in [4.78, 5) is 32.7. The largest absolute Gasteiger partial charge is 0.488 e. The third-order valence-electron chi connectivity index (χ3n) is 6.10. The average Bonchev–Trinajstić information content (AvgIpc) is 3.27. The molecule has 5 rings (SSSR count). The Kier molecular flexibility index (Phi) is 8.05. The number of ether oxygens (including phenoxy) is 2. The quantitative estimate of drug-likeness (QED) is 0.204. The fraction of sp³-hybridized carbons (Fsp3) is 0.129. The normalized spacial score (nSPS) is 14.9. The molecule has 1 aliphatic heterocycles. The first kappa shape index (κ1) is 26.6. The van der Waals surface area contributed by atoms with Gasteiger partial charge < -0.3 is 9.47 Å². The molecule has 39 heavy (non-hydrogen) atoms. The number of hydrogen-bond donors (Lipinski definition) is 0. The molecule has 0 amide bonds. The Morgan fingerprint density at radius 2 is 1.82 bits per heavy atom. The van der Waals surface area contributed by atoms with Gasteiger partial charge in [-0.05, 0) is 52.2 Å². The molecule has 0 bridgehead atoms. The average molecular weight is 602 g/mol. The van der Waals surface area contributed by atoms with Gasteiger partial charge in [-0.15, -0.1) is 0 Å². The number of aromatic nitrogens is 1. The van der Waals surface area contributed by atoms with Gasteiger partial charge in [0.15, 0.2) is 4.80 Å². The van der Waals surface area contributed by atoms with Crippen LogP contribution in [0.1, 0.15) is 29.7 Å². The van der Waals surface area contributed by atoms with E-state index in [1.165, 1.54) is 11.3 Å². The molecular formula is C31H25BrN2O4S. The Morgan fingerprint density at radius 3 is 2.49 bits per heavy atom. The summed E-state index contributed by atoms with van der Waals surface area (Å²) in [7, 11) is 0. The first-order chi connectivity index (χ1) is 19.0. The molecule has 6 nitrogen and oxygen atoms in total. The summed E-state index contributed by atoms with van der Waals surface area (Å²) in [6, 6.07) is 23.9. The van der Waals surface area contributed by atoms with Crippen LogP contribution in [0.15, 0.2) is 111 Å². The number of fused-ring (bicyclic) bond motifs is 1.